The molecule has 1 fully saturated rings. The van der Waals surface area contributed by atoms with Crippen LogP contribution in [-0.4, -0.2) is 31.4 Å². The van der Waals surface area contributed by atoms with Gasteiger partial charge in [-0.1, -0.05) is 48.0 Å². The number of allylic oxidation sites excluding steroid dienone is 1. The molecule has 2 aliphatic rings. The van der Waals surface area contributed by atoms with Crippen molar-refractivity contribution in [2.45, 2.75) is 43.4 Å². The second kappa shape index (κ2) is 11.5. The zero-order valence-electron chi connectivity index (χ0n) is 22.2. The van der Waals surface area contributed by atoms with Gasteiger partial charge in [0, 0.05) is 13.1 Å². The molecule has 0 bridgehead atoms. The minimum absolute atomic E-state index is 0.0412. The van der Waals surface area contributed by atoms with E-state index in [4.69, 9.17) is 5.10 Å². The first kappa shape index (κ1) is 27.2. The van der Waals surface area contributed by atoms with Gasteiger partial charge in [0.25, 0.3) is 0 Å². The molecule has 4 nitrogen and oxygen atoms in total. The van der Waals surface area contributed by atoms with Crippen LogP contribution in [0.5, 0.6) is 0 Å². The van der Waals surface area contributed by atoms with Gasteiger partial charge >= 0.3 is 0 Å². The van der Waals surface area contributed by atoms with Crippen LogP contribution in [-0.2, 0) is 23.8 Å². The van der Waals surface area contributed by atoms with Gasteiger partial charge in [-0.15, -0.1) is 9.24 Å². The Morgan fingerprint density at radius 2 is 1.73 bits per heavy atom. The van der Waals surface area contributed by atoms with Gasteiger partial charge in [-0.2, -0.15) is 5.10 Å². The lowest BCUT2D eigenvalue weighted by Crippen LogP contribution is -2.35. The van der Waals surface area contributed by atoms with Crippen molar-refractivity contribution in [3.8, 4) is 5.69 Å². The third-order valence-corrected chi connectivity index (χ3v) is 10.3. The molecule has 1 aromatic heterocycles. The Balaban J connectivity index is 1.26. The highest BCUT2D eigenvalue weighted by molar-refractivity contribution is 7.82. The van der Waals surface area contributed by atoms with E-state index in [-0.39, 0.29) is 16.1 Å². The predicted molar refractivity (Wildman–Crippen MR) is 160 cm³/mol. The van der Waals surface area contributed by atoms with Gasteiger partial charge in [-0.25, -0.2) is 22.0 Å². The van der Waals surface area contributed by atoms with E-state index in [1.165, 1.54) is 23.3 Å². The topological polar surface area (TPSA) is 38.1 Å². The fraction of sp³-hybridized carbons (Fsp3) is 0.281. The highest BCUT2D eigenvalue weighted by Crippen LogP contribution is 2.52. The minimum atomic E-state index is -1.70. The summed E-state index contributed by atoms with van der Waals surface area (Å²) >= 11 is 0. The zero-order valence-corrected chi connectivity index (χ0v) is 24.2. The molecule has 3 unspecified atom stereocenters. The maximum absolute atomic E-state index is 14.7. The van der Waals surface area contributed by atoms with Crippen molar-refractivity contribution in [2.75, 3.05) is 13.1 Å². The zero-order chi connectivity index (χ0) is 27.7. The van der Waals surface area contributed by atoms with Crippen LogP contribution in [0, 0.1) is 17.0 Å². The van der Waals surface area contributed by atoms with Gasteiger partial charge in [-0.05, 0) is 96.8 Å². The van der Waals surface area contributed by atoms with E-state index in [0.29, 0.717) is 25.1 Å². The molecule has 1 heterocycles. The lowest BCUT2D eigenvalue weighted by molar-refractivity contribution is 0.290. The lowest BCUT2D eigenvalue weighted by atomic mass is 9.71. The van der Waals surface area contributed by atoms with E-state index < -0.39 is 16.8 Å². The monoisotopic (exact) mass is 575 g/mol. The lowest BCUT2D eigenvalue weighted by Gasteiger charge is -2.36. The minimum Gasteiger partial charge on any atom is -0.237 e. The number of halogens is 2. The van der Waals surface area contributed by atoms with Crippen molar-refractivity contribution in [3.63, 3.8) is 0 Å². The van der Waals surface area contributed by atoms with Crippen molar-refractivity contribution < 1.29 is 13.0 Å². The maximum atomic E-state index is 14.7. The SMILES string of the molecule is O=S(c1ccccc1F)N(CCc1ccccc1F)CCC12CCCC1=Cc1c(cnn1-c1ccc(P)cc1)C2. The van der Waals surface area contributed by atoms with E-state index in [0.717, 1.165) is 48.8 Å². The molecule has 6 rings (SSSR count). The van der Waals surface area contributed by atoms with Crippen LogP contribution in [0.15, 0.2) is 89.5 Å². The fourth-order valence-electron chi connectivity index (χ4n) is 6.16. The normalized spacial score (nSPS) is 18.9. The molecule has 0 spiro atoms. The third kappa shape index (κ3) is 5.35. The molecule has 2 aliphatic carbocycles. The Bertz CT molecular complexity index is 1590. The Hall–Kier alpha value is -2.99. The van der Waals surface area contributed by atoms with Crippen molar-refractivity contribution in [3.05, 3.63) is 113 Å². The first-order chi connectivity index (χ1) is 19.4. The van der Waals surface area contributed by atoms with Crippen LogP contribution in [0.3, 0.4) is 0 Å². The molecule has 0 N–H and O–H groups in total. The summed E-state index contributed by atoms with van der Waals surface area (Å²) in [6.07, 6.45) is 9.55. The highest BCUT2D eigenvalue weighted by Gasteiger charge is 2.42. The number of aromatic nitrogens is 2. The van der Waals surface area contributed by atoms with E-state index in [9.17, 15) is 13.0 Å². The van der Waals surface area contributed by atoms with Gasteiger partial charge in [0.15, 0.2) is 0 Å². The molecular weight excluding hydrogens is 543 g/mol. The average Bonchev–Trinajstić information content (AvgIpc) is 3.56. The summed E-state index contributed by atoms with van der Waals surface area (Å²) in [4.78, 5) is 0.166. The smallest absolute Gasteiger partial charge is 0.140 e. The first-order valence-corrected chi connectivity index (χ1v) is 15.4. The summed E-state index contributed by atoms with van der Waals surface area (Å²) in [6, 6.07) is 21.2. The summed E-state index contributed by atoms with van der Waals surface area (Å²) in [5, 5.41) is 5.86. The van der Waals surface area contributed by atoms with Gasteiger partial charge in [-0.3, -0.25) is 0 Å². The predicted octanol–water partition coefficient (Wildman–Crippen LogP) is 6.42. The Morgan fingerprint density at radius 3 is 2.50 bits per heavy atom. The first-order valence-electron chi connectivity index (χ1n) is 13.7. The number of fused-ring (bicyclic) bond motifs is 2. The molecule has 4 aromatic rings. The van der Waals surface area contributed by atoms with Crippen LogP contribution >= 0.6 is 9.24 Å². The van der Waals surface area contributed by atoms with Crippen LogP contribution in [0.2, 0.25) is 0 Å². The highest BCUT2D eigenvalue weighted by atomic mass is 32.2. The van der Waals surface area contributed by atoms with Crippen LogP contribution < -0.4 is 5.30 Å². The molecule has 40 heavy (non-hydrogen) atoms. The fourth-order valence-corrected chi connectivity index (χ4v) is 7.58. The van der Waals surface area contributed by atoms with Crippen LogP contribution in [0.1, 0.15) is 42.5 Å². The molecule has 0 amide bonds. The summed E-state index contributed by atoms with van der Waals surface area (Å²) < 4.78 is 46.6. The molecule has 0 saturated heterocycles. The van der Waals surface area contributed by atoms with Gasteiger partial charge in [0.1, 0.15) is 22.6 Å². The molecule has 206 valence electrons. The second-order valence-corrected chi connectivity index (χ2v) is 12.9. The summed E-state index contributed by atoms with van der Waals surface area (Å²) in [5.41, 5.74) is 5.33. The summed E-state index contributed by atoms with van der Waals surface area (Å²) in [5.74, 6) is -0.761. The van der Waals surface area contributed by atoms with Crippen LogP contribution in [0.4, 0.5) is 8.78 Å². The average molecular weight is 576 g/mol. The standard InChI is InChI=1S/C32H32F2N3OPS/c33-28-8-2-1-6-23(28)15-18-36(40(38)31-10-4-3-9-29(31)34)19-17-32-16-5-7-25(32)20-30-24(21-32)22-35-37(30)26-11-13-27(39)14-12-26/h1-4,6,8-14,20,22H,5,7,15-19,21,39H2. The summed E-state index contributed by atoms with van der Waals surface area (Å²) in [7, 11) is 1.02. The molecule has 3 atom stereocenters. The molecule has 1 saturated carbocycles. The second-order valence-electron chi connectivity index (χ2n) is 10.7. The maximum Gasteiger partial charge on any atom is 0.140 e. The van der Waals surface area contributed by atoms with E-state index in [1.807, 2.05) is 15.2 Å². The molecular formula is C32H32F2N3OPS. The number of hydrogen-bond acceptors (Lipinski definition) is 2. The molecule has 0 aliphatic heterocycles. The third-order valence-electron chi connectivity index (χ3n) is 8.33. The summed E-state index contributed by atoms with van der Waals surface area (Å²) in [6.45, 7) is 0.887. The number of hydrogen-bond donors (Lipinski definition) is 0. The largest absolute Gasteiger partial charge is 0.237 e. The van der Waals surface area contributed by atoms with E-state index in [2.05, 4.69) is 39.6 Å². The molecule has 3 aromatic carbocycles. The van der Waals surface area contributed by atoms with E-state index in [1.54, 1.807) is 36.4 Å². The Kier molecular flexibility index (Phi) is 7.80. The van der Waals surface area contributed by atoms with Crippen LogP contribution in [0.25, 0.3) is 11.8 Å². The van der Waals surface area contributed by atoms with Gasteiger partial charge in [0.05, 0.1) is 22.5 Å². The molecule has 8 heteroatoms. The van der Waals surface area contributed by atoms with E-state index >= 15 is 0 Å². The molecule has 0 radical (unpaired) electrons. The number of rotatable bonds is 9. The quantitative estimate of drug-likeness (QED) is 0.216. The van der Waals surface area contributed by atoms with Gasteiger partial charge in [0.2, 0.25) is 0 Å². The van der Waals surface area contributed by atoms with Gasteiger partial charge < -0.3 is 0 Å². The number of benzene rings is 3. The van der Waals surface area contributed by atoms with Crippen molar-refractivity contribution in [1.29, 1.82) is 0 Å². The Labute approximate surface area is 238 Å². The number of nitrogens with zero attached hydrogens (tertiary/aromatic N) is 3. The van der Waals surface area contributed by atoms with Crippen molar-refractivity contribution in [1.82, 2.24) is 14.1 Å². The van der Waals surface area contributed by atoms with Crippen molar-refractivity contribution >= 4 is 31.6 Å². The Morgan fingerprint density at radius 1 is 0.975 bits per heavy atom. The van der Waals surface area contributed by atoms with Crippen molar-refractivity contribution in [2.24, 2.45) is 5.41 Å².